The van der Waals surface area contributed by atoms with Gasteiger partial charge in [-0.25, -0.2) is 4.39 Å². The van der Waals surface area contributed by atoms with Crippen molar-refractivity contribution < 1.29 is 9.31 Å². The molecule has 0 aliphatic heterocycles. The first-order chi connectivity index (χ1) is 10.0. The predicted molar refractivity (Wildman–Crippen MR) is 83.9 cm³/mol. The number of hydrogen-bond acceptors (Lipinski definition) is 3. The van der Waals surface area contributed by atoms with E-state index in [1.54, 1.807) is 24.3 Å². The Bertz CT molecular complexity index is 664. The molecule has 1 atom stereocenters. The molecule has 0 amide bonds. The maximum atomic E-state index is 13.9. The number of non-ortho nitro benzene ring substituents is 1. The van der Waals surface area contributed by atoms with E-state index in [-0.39, 0.29) is 17.5 Å². The Kier molecular flexibility index (Phi) is 4.90. The second-order valence-electron chi connectivity index (χ2n) is 4.55. The highest BCUT2D eigenvalue weighted by Crippen LogP contribution is 2.32. The summed E-state index contributed by atoms with van der Waals surface area (Å²) in [7, 11) is 0. The first kappa shape index (κ1) is 15.4. The average Bonchev–Trinajstić information content (AvgIpc) is 2.47. The molecule has 1 unspecified atom stereocenters. The molecule has 0 aliphatic rings. The lowest BCUT2D eigenvalue weighted by Crippen LogP contribution is -2.12. The standard InChI is InChI=1S/C15H14BrFN2O2/c1-2-14(11-5-3-4-6-13(11)17)18-15-9-10(19(20)21)7-8-12(15)16/h3-9,14,18H,2H2,1H3. The van der Waals surface area contributed by atoms with Crippen LogP contribution in [0.25, 0.3) is 0 Å². The zero-order valence-corrected chi connectivity index (χ0v) is 12.9. The lowest BCUT2D eigenvalue weighted by Gasteiger charge is -2.20. The number of nitro benzene ring substituents is 1. The van der Waals surface area contributed by atoms with Gasteiger partial charge in [0.1, 0.15) is 5.82 Å². The second-order valence-corrected chi connectivity index (χ2v) is 5.40. The number of nitrogens with one attached hydrogen (secondary N) is 1. The van der Waals surface area contributed by atoms with Crippen molar-refractivity contribution in [3.63, 3.8) is 0 Å². The van der Waals surface area contributed by atoms with E-state index in [4.69, 9.17) is 0 Å². The molecule has 2 aromatic rings. The van der Waals surface area contributed by atoms with E-state index < -0.39 is 4.92 Å². The number of hydrogen-bond donors (Lipinski definition) is 1. The molecule has 0 saturated heterocycles. The van der Waals surface area contributed by atoms with Crippen LogP contribution in [-0.2, 0) is 0 Å². The fraction of sp³-hybridized carbons (Fsp3) is 0.200. The summed E-state index contributed by atoms with van der Waals surface area (Å²) in [5, 5.41) is 14.0. The zero-order chi connectivity index (χ0) is 15.4. The number of benzene rings is 2. The Morgan fingerprint density at radius 3 is 2.67 bits per heavy atom. The fourth-order valence-corrected chi connectivity index (χ4v) is 2.44. The SMILES string of the molecule is CCC(Nc1cc([N+](=O)[O-])ccc1Br)c1ccccc1F. The molecule has 110 valence electrons. The molecule has 2 aromatic carbocycles. The van der Waals surface area contributed by atoms with Gasteiger partial charge in [-0.15, -0.1) is 0 Å². The van der Waals surface area contributed by atoms with Crippen LogP contribution in [0.5, 0.6) is 0 Å². The van der Waals surface area contributed by atoms with Gasteiger partial charge in [0.15, 0.2) is 0 Å². The third kappa shape index (κ3) is 3.58. The topological polar surface area (TPSA) is 55.2 Å². The molecule has 0 aromatic heterocycles. The number of rotatable bonds is 5. The normalized spacial score (nSPS) is 12.0. The van der Waals surface area contributed by atoms with Gasteiger partial charge >= 0.3 is 0 Å². The van der Waals surface area contributed by atoms with Crippen LogP contribution >= 0.6 is 15.9 Å². The van der Waals surface area contributed by atoms with Crippen molar-refractivity contribution in [3.8, 4) is 0 Å². The van der Waals surface area contributed by atoms with Gasteiger partial charge in [-0.3, -0.25) is 10.1 Å². The summed E-state index contributed by atoms with van der Waals surface area (Å²) in [6.45, 7) is 1.93. The van der Waals surface area contributed by atoms with Crippen molar-refractivity contribution in [3.05, 3.63) is 68.4 Å². The Morgan fingerprint density at radius 2 is 2.05 bits per heavy atom. The molecule has 0 radical (unpaired) electrons. The van der Waals surface area contributed by atoms with Crippen LogP contribution in [0, 0.1) is 15.9 Å². The van der Waals surface area contributed by atoms with E-state index in [2.05, 4.69) is 21.2 Å². The van der Waals surface area contributed by atoms with Gasteiger partial charge in [0, 0.05) is 22.2 Å². The molecule has 4 nitrogen and oxygen atoms in total. The van der Waals surface area contributed by atoms with Crippen LogP contribution in [0.1, 0.15) is 24.9 Å². The van der Waals surface area contributed by atoms with Crippen LogP contribution in [-0.4, -0.2) is 4.92 Å². The number of nitro groups is 1. The summed E-state index contributed by atoms with van der Waals surface area (Å²) in [6, 6.07) is 10.7. The summed E-state index contributed by atoms with van der Waals surface area (Å²) in [4.78, 5) is 10.4. The maximum absolute atomic E-state index is 13.9. The lowest BCUT2D eigenvalue weighted by atomic mass is 10.0. The predicted octanol–water partition coefficient (Wildman–Crippen LogP) is 5.06. The van der Waals surface area contributed by atoms with Crippen molar-refractivity contribution in [2.45, 2.75) is 19.4 Å². The van der Waals surface area contributed by atoms with Crippen molar-refractivity contribution in [1.82, 2.24) is 0 Å². The average molecular weight is 353 g/mol. The highest BCUT2D eigenvalue weighted by atomic mass is 79.9. The second kappa shape index (κ2) is 6.67. The van der Waals surface area contributed by atoms with E-state index in [1.165, 1.54) is 18.2 Å². The zero-order valence-electron chi connectivity index (χ0n) is 11.3. The largest absolute Gasteiger partial charge is 0.377 e. The van der Waals surface area contributed by atoms with Crippen LogP contribution in [0.4, 0.5) is 15.8 Å². The number of anilines is 1. The Morgan fingerprint density at radius 1 is 1.33 bits per heavy atom. The van der Waals surface area contributed by atoms with Crippen LogP contribution < -0.4 is 5.32 Å². The Labute approximate surface area is 130 Å². The Hall–Kier alpha value is -1.95. The molecule has 21 heavy (non-hydrogen) atoms. The molecule has 1 N–H and O–H groups in total. The number of halogens is 2. The molecule has 0 spiro atoms. The van der Waals surface area contributed by atoms with Crippen molar-refractivity contribution in [1.29, 1.82) is 0 Å². The van der Waals surface area contributed by atoms with Gasteiger partial charge in [0.2, 0.25) is 0 Å². The van der Waals surface area contributed by atoms with Gasteiger partial charge in [0.05, 0.1) is 16.7 Å². The van der Waals surface area contributed by atoms with Gasteiger partial charge in [-0.05, 0) is 34.5 Å². The molecule has 2 rings (SSSR count). The molecule has 6 heteroatoms. The summed E-state index contributed by atoms with van der Waals surface area (Å²) >= 11 is 3.35. The quantitative estimate of drug-likeness (QED) is 0.604. The molecule has 0 bridgehead atoms. The Balaban J connectivity index is 2.33. The molecule has 0 saturated carbocycles. The minimum Gasteiger partial charge on any atom is -0.377 e. The van der Waals surface area contributed by atoms with E-state index in [1.807, 2.05) is 6.92 Å². The van der Waals surface area contributed by atoms with Gasteiger partial charge in [0.25, 0.3) is 5.69 Å². The monoisotopic (exact) mass is 352 g/mol. The fourth-order valence-electron chi connectivity index (χ4n) is 2.08. The summed E-state index contributed by atoms with van der Waals surface area (Å²) in [5.74, 6) is -0.293. The summed E-state index contributed by atoms with van der Waals surface area (Å²) in [6.07, 6.45) is 0.649. The maximum Gasteiger partial charge on any atom is 0.271 e. The van der Waals surface area contributed by atoms with Crippen molar-refractivity contribution in [2.24, 2.45) is 0 Å². The summed E-state index contributed by atoms with van der Waals surface area (Å²) in [5.41, 5.74) is 1.10. The smallest absolute Gasteiger partial charge is 0.271 e. The first-order valence-corrected chi connectivity index (χ1v) is 7.27. The highest BCUT2D eigenvalue weighted by Gasteiger charge is 2.16. The highest BCUT2D eigenvalue weighted by molar-refractivity contribution is 9.10. The van der Waals surface area contributed by atoms with Crippen LogP contribution in [0.15, 0.2) is 46.9 Å². The van der Waals surface area contributed by atoms with Crippen LogP contribution in [0.2, 0.25) is 0 Å². The third-order valence-electron chi connectivity index (χ3n) is 3.18. The van der Waals surface area contributed by atoms with Crippen molar-refractivity contribution in [2.75, 3.05) is 5.32 Å². The lowest BCUT2D eigenvalue weighted by molar-refractivity contribution is -0.384. The van der Waals surface area contributed by atoms with E-state index >= 15 is 0 Å². The van der Waals surface area contributed by atoms with E-state index in [9.17, 15) is 14.5 Å². The summed E-state index contributed by atoms with van der Waals surface area (Å²) < 4.78 is 14.6. The molecule has 0 fully saturated rings. The first-order valence-electron chi connectivity index (χ1n) is 6.47. The molecular weight excluding hydrogens is 339 g/mol. The molecule has 0 aliphatic carbocycles. The number of nitrogens with zero attached hydrogens (tertiary/aromatic N) is 1. The minimum absolute atomic E-state index is 0.0101. The van der Waals surface area contributed by atoms with E-state index in [0.29, 0.717) is 22.1 Å². The van der Waals surface area contributed by atoms with Crippen LogP contribution in [0.3, 0.4) is 0 Å². The van der Waals surface area contributed by atoms with Gasteiger partial charge < -0.3 is 5.32 Å². The minimum atomic E-state index is -0.457. The van der Waals surface area contributed by atoms with Gasteiger partial charge in [-0.1, -0.05) is 25.1 Å². The molecular formula is C15H14BrFN2O2. The molecule has 0 heterocycles. The van der Waals surface area contributed by atoms with E-state index in [0.717, 1.165) is 0 Å². The third-order valence-corrected chi connectivity index (χ3v) is 3.87. The van der Waals surface area contributed by atoms with Gasteiger partial charge in [-0.2, -0.15) is 0 Å². The van der Waals surface area contributed by atoms with Crippen molar-refractivity contribution >= 4 is 27.3 Å².